The number of benzene rings is 1. The zero-order chi connectivity index (χ0) is 14.5. The van der Waals surface area contributed by atoms with Crippen LogP contribution in [-0.2, 0) is 15.0 Å². The second-order valence-corrected chi connectivity index (χ2v) is 6.22. The van der Waals surface area contributed by atoms with E-state index in [0.29, 0.717) is 12.2 Å². The van der Waals surface area contributed by atoms with Crippen LogP contribution in [0.1, 0.15) is 25.8 Å². The summed E-state index contributed by atoms with van der Waals surface area (Å²) in [5, 5.41) is 9.22. The highest BCUT2D eigenvalue weighted by Crippen LogP contribution is 2.51. The first-order valence-electron chi connectivity index (χ1n) is 6.63. The molecule has 1 aliphatic heterocycles. The van der Waals surface area contributed by atoms with Gasteiger partial charge in [-0.1, -0.05) is 32.0 Å². The summed E-state index contributed by atoms with van der Waals surface area (Å²) in [6.45, 7) is 3.82. The van der Waals surface area contributed by atoms with Gasteiger partial charge in [-0.3, -0.25) is 9.59 Å². The second-order valence-electron chi connectivity index (χ2n) is 6.22. The topological polar surface area (TPSA) is 67.2 Å². The molecule has 102 valence electrons. The summed E-state index contributed by atoms with van der Waals surface area (Å²) < 4.78 is 5.64. The van der Waals surface area contributed by atoms with Crippen LogP contribution in [-0.4, -0.2) is 18.2 Å². The first-order chi connectivity index (χ1) is 9.42. The lowest BCUT2D eigenvalue weighted by Crippen LogP contribution is -2.55. The smallest absolute Gasteiger partial charge is 0.171 e. The first-order valence-corrected chi connectivity index (χ1v) is 6.63. The summed E-state index contributed by atoms with van der Waals surface area (Å²) in [6.07, 6.45) is 0.396. The Morgan fingerprint density at radius 1 is 1.25 bits per heavy atom. The molecule has 1 aromatic carbocycles. The summed E-state index contributed by atoms with van der Waals surface area (Å²) in [5.74, 6) is -1.09. The zero-order valence-electron chi connectivity index (χ0n) is 11.5. The van der Waals surface area contributed by atoms with Gasteiger partial charge in [-0.05, 0) is 12.5 Å². The number of carbonyl (C=O) groups excluding carboxylic acids is 2. The molecule has 3 rings (SSSR count). The van der Waals surface area contributed by atoms with Gasteiger partial charge in [-0.2, -0.15) is 5.26 Å². The van der Waals surface area contributed by atoms with Crippen molar-refractivity contribution < 1.29 is 14.3 Å². The maximum Gasteiger partial charge on any atom is 0.171 e. The molecule has 0 aromatic heterocycles. The van der Waals surface area contributed by atoms with E-state index < -0.39 is 16.7 Å². The van der Waals surface area contributed by atoms with E-state index in [1.54, 1.807) is 13.8 Å². The zero-order valence-corrected chi connectivity index (χ0v) is 11.5. The molecule has 1 aromatic rings. The number of para-hydroxylation sites is 1. The Morgan fingerprint density at radius 3 is 2.65 bits per heavy atom. The molecule has 0 saturated heterocycles. The largest absolute Gasteiger partial charge is 0.492 e. The van der Waals surface area contributed by atoms with Gasteiger partial charge < -0.3 is 4.74 Å². The predicted octanol–water partition coefficient (Wildman–Crippen LogP) is 2.02. The SMILES string of the molecule is CC1(C)CC2(COc3ccccc32)C(=O)C(C#N)C1=O. The standard InChI is InChI=1S/C16H15NO3/c1-15(2)8-16(14(19)10(7-17)13(15)18)9-20-12-6-4-3-5-11(12)16/h3-6,10H,8-9H2,1-2H3. The minimum absolute atomic E-state index is 0.222. The average Bonchev–Trinajstić information content (AvgIpc) is 2.78. The monoisotopic (exact) mass is 269 g/mol. The van der Waals surface area contributed by atoms with Gasteiger partial charge in [0.05, 0.1) is 11.5 Å². The maximum atomic E-state index is 12.7. The van der Waals surface area contributed by atoms with Crippen molar-refractivity contribution in [1.82, 2.24) is 0 Å². The Labute approximate surface area is 117 Å². The van der Waals surface area contributed by atoms with E-state index in [1.165, 1.54) is 0 Å². The van der Waals surface area contributed by atoms with E-state index in [4.69, 9.17) is 4.74 Å². The van der Waals surface area contributed by atoms with E-state index in [2.05, 4.69) is 0 Å². The number of ether oxygens (including phenoxy) is 1. The predicted molar refractivity (Wildman–Crippen MR) is 71.1 cm³/mol. The van der Waals surface area contributed by atoms with Crippen LogP contribution < -0.4 is 4.74 Å². The highest BCUT2D eigenvalue weighted by Gasteiger charge is 2.59. The van der Waals surface area contributed by atoms with E-state index >= 15 is 0 Å². The van der Waals surface area contributed by atoms with Crippen LogP contribution in [0.4, 0.5) is 0 Å². The molecule has 0 radical (unpaired) electrons. The van der Waals surface area contributed by atoms with Gasteiger partial charge in [0.1, 0.15) is 12.4 Å². The minimum atomic E-state index is -1.19. The van der Waals surface area contributed by atoms with Crippen LogP contribution in [0.2, 0.25) is 0 Å². The highest BCUT2D eigenvalue weighted by atomic mass is 16.5. The van der Waals surface area contributed by atoms with Crippen molar-refractivity contribution in [2.75, 3.05) is 6.61 Å². The molecular weight excluding hydrogens is 254 g/mol. The molecule has 0 N–H and O–H groups in total. The van der Waals surface area contributed by atoms with Gasteiger partial charge in [-0.15, -0.1) is 0 Å². The van der Waals surface area contributed by atoms with Crippen molar-refractivity contribution in [2.24, 2.45) is 11.3 Å². The summed E-state index contributed by atoms with van der Waals surface area (Å²) in [4.78, 5) is 25.0. The Bertz CT molecular complexity index is 656. The molecule has 0 amide bonds. The fourth-order valence-corrected chi connectivity index (χ4v) is 3.45. The fraction of sp³-hybridized carbons (Fsp3) is 0.438. The van der Waals surface area contributed by atoms with Crippen LogP contribution in [0.15, 0.2) is 24.3 Å². The average molecular weight is 269 g/mol. The molecule has 4 heteroatoms. The third-order valence-electron chi connectivity index (χ3n) is 4.41. The number of hydrogen-bond donors (Lipinski definition) is 0. The van der Waals surface area contributed by atoms with E-state index in [9.17, 15) is 14.9 Å². The van der Waals surface area contributed by atoms with Gasteiger partial charge in [0.15, 0.2) is 17.5 Å². The lowest BCUT2D eigenvalue weighted by atomic mass is 9.57. The molecule has 1 spiro atoms. The number of nitriles is 1. The molecular formula is C16H15NO3. The number of rotatable bonds is 0. The quantitative estimate of drug-likeness (QED) is 0.676. The number of fused-ring (bicyclic) bond motifs is 2. The number of ketones is 2. The van der Waals surface area contributed by atoms with Crippen LogP contribution in [0.5, 0.6) is 5.75 Å². The molecule has 1 aliphatic carbocycles. The number of hydrogen-bond acceptors (Lipinski definition) is 4. The highest BCUT2D eigenvalue weighted by molar-refractivity contribution is 6.14. The maximum absolute atomic E-state index is 12.7. The lowest BCUT2D eigenvalue weighted by Gasteiger charge is -2.41. The third-order valence-corrected chi connectivity index (χ3v) is 4.41. The molecule has 2 unspecified atom stereocenters. The number of carbonyl (C=O) groups is 2. The molecule has 4 nitrogen and oxygen atoms in total. The van der Waals surface area contributed by atoms with Crippen molar-refractivity contribution >= 4 is 11.6 Å². The molecule has 2 atom stereocenters. The molecule has 1 heterocycles. The Kier molecular flexibility index (Phi) is 2.52. The second kappa shape index (κ2) is 3.92. The summed E-state index contributed by atoms with van der Waals surface area (Å²) in [7, 11) is 0. The molecule has 1 fully saturated rings. The molecule has 0 bridgehead atoms. The van der Waals surface area contributed by atoms with Gasteiger partial charge >= 0.3 is 0 Å². The number of Topliss-reactive ketones (excluding diaryl/α,β-unsaturated/α-hetero) is 2. The van der Waals surface area contributed by atoms with Gasteiger partial charge in [-0.25, -0.2) is 0 Å². The summed E-state index contributed by atoms with van der Waals surface area (Å²) in [6, 6.07) is 9.27. The first kappa shape index (κ1) is 12.9. The minimum Gasteiger partial charge on any atom is -0.492 e. The van der Waals surface area contributed by atoms with Crippen molar-refractivity contribution in [1.29, 1.82) is 5.26 Å². The lowest BCUT2D eigenvalue weighted by molar-refractivity contribution is -0.146. The number of nitrogens with zero attached hydrogens (tertiary/aromatic N) is 1. The van der Waals surface area contributed by atoms with E-state index in [-0.39, 0.29) is 18.2 Å². The van der Waals surface area contributed by atoms with Crippen molar-refractivity contribution in [3.05, 3.63) is 29.8 Å². The van der Waals surface area contributed by atoms with Gasteiger partial charge in [0, 0.05) is 11.0 Å². The van der Waals surface area contributed by atoms with Crippen LogP contribution in [0, 0.1) is 22.7 Å². The Hall–Kier alpha value is -2.15. The molecule has 20 heavy (non-hydrogen) atoms. The van der Waals surface area contributed by atoms with E-state index in [0.717, 1.165) is 5.56 Å². The molecule has 2 aliphatic rings. The van der Waals surface area contributed by atoms with Crippen LogP contribution in [0.3, 0.4) is 0 Å². The van der Waals surface area contributed by atoms with Crippen LogP contribution in [0.25, 0.3) is 0 Å². The fourth-order valence-electron chi connectivity index (χ4n) is 3.45. The van der Waals surface area contributed by atoms with Crippen LogP contribution >= 0.6 is 0 Å². The normalized spacial score (nSPS) is 30.8. The van der Waals surface area contributed by atoms with Crippen molar-refractivity contribution in [2.45, 2.75) is 25.7 Å². The van der Waals surface area contributed by atoms with Gasteiger partial charge in [0.2, 0.25) is 0 Å². The van der Waals surface area contributed by atoms with Crippen molar-refractivity contribution in [3.63, 3.8) is 0 Å². The molecule has 1 saturated carbocycles. The summed E-state index contributed by atoms with van der Waals surface area (Å²) >= 11 is 0. The van der Waals surface area contributed by atoms with E-state index in [1.807, 2.05) is 30.3 Å². The Balaban J connectivity index is 2.18. The Morgan fingerprint density at radius 2 is 1.95 bits per heavy atom. The third kappa shape index (κ3) is 1.46. The van der Waals surface area contributed by atoms with Crippen molar-refractivity contribution in [3.8, 4) is 11.8 Å². The summed E-state index contributed by atoms with van der Waals surface area (Å²) in [5.41, 5.74) is -0.741. The van der Waals surface area contributed by atoms with Gasteiger partial charge in [0.25, 0.3) is 0 Å².